The predicted molar refractivity (Wildman–Crippen MR) is 139 cm³/mol. The van der Waals surface area contributed by atoms with Crippen LogP contribution in [0.3, 0.4) is 0 Å². The number of nitrogens with zero attached hydrogens (tertiary/aromatic N) is 3. The van der Waals surface area contributed by atoms with Crippen molar-refractivity contribution >= 4 is 40.0 Å². The molecule has 0 aliphatic heterocycles. The van der Waals surface area contributed by atoms with E-state index in [1.807, 2.05) is 30.3 Å². The number of aryl methyl sites for hydroxylation is 1. The molecule has 0 fully saturated rings. The van der Waals surface area contributed by atoms with Crippen molar-refractivity contribution in [3.8, 4) is 0 Å². The van der Waals surface area contributed by atoms with E-state index in [2.05, 4.69) is 56.5 Å². The summed E-state index contributed by atoms with van der Waals surface area (Å²) in [6.07, 6.45) is 1.62. The van der Waals surface area contributed by atoms with Crippen molar-refractivity contribution in [2.75, 3.05) is 6.61 Å². The maximum Gasteiger partial charge on any atom is 0.374 e. The zero-order chi connectivity index (χ0) is 24.0. The molecule has 178 valence electrons. The van der Waals surface area contributed by atoms with Crippen LogP contribution in [0.2, 0.25) is 0 Å². The number of para-hydroxylation sites is 1. The topological polar surface area (TPSA) is 70.2 Å². The van der Waals surface area contributed by atoms with Crippen LogP contribution in [0.1, 0.15) is 39.3 Å². The van der Waals surface area contributed by atoms with E-state index in [4.69, 9.17) is 9.15 Å². The zero-order valence-corrected chi connectivity index (χ0v) is 21.0. The number of thiophene rings is 1. The molecule has 0 atom stereocenters. The summed E-state index contributed by atoms with van der Waals surface area (Å²) in [7, 11) is 0. The maximum atomic E-state index is 12.6. The van der Waals surface area contributed by atoms with Gasteiger partial charge in [-0.15, -0.1) is 21.5 Å². The van der Waals surface area contributed by atoms with E-state index in [9.17, 15) is 4.79 Å². The third kappa shape index (κ3) is 5.33. The van der Waals surface area contributed by atoms with Gasteiger partial charge in [0.2, 0.25) is 5.76 Å². The minimum absolute atomic E-state index is 0.259. The van der Waals surface area contributed by atoms with Crippen molar-refractivity contribution in [1.82, 2.24) is 14.8 Å². The molecule has 3 aromatic heterocycles. The highest BCUT2D eigenvalue weighted by Gasteiger charge is 2.23. The van der Waals surface area contributed by atoms with Gasteiger partial charge < -0.3 is 13.7 Å². The molecule has 35 heavy (non-hydrogen) atoms. The summed E-state index contributed by atoms with van der Waals surface area (Å²) in [6.45, 7) is 2.86. The van der Waals surface area contributed by atoms with Gasteiger partial charge in [-0.3, -0.25) is 0 Å². The summed E-state index contributed by atoms with van der Waals surface area (Å²) in [4.78, 5) is 13.8. The van der Waals surface area contributed by atoms with Crippen LogP contribution in [0, 0.1) is 0 Å². The molecule has 0 unspecified atom stereocenters. The first-order chi connectivity index (χ1) is 17.2. The van der Waals surface area contributed by atoms with Gasteiger partial charge in [0.1, 0.15) is 11.4 Å². The van der Waals surface area contributed by atoms with Crippen molar-refractivity contribution < 1.29 is 13.9 Å². The van der Waals surface area contributed by atoms with Crippen LogP contribution in [0.5, 0.6) is 0 Å². The number of carbonyl (C=O) groups excluding carboxylic acids is 1. The number of fused-ring (bicyclic) bond motifs is 1. The van der Waals surface area contributed by atoms with Gasteiger partial charge in [-0.1, -0.05) is 66.4 Å². The molecule has 0 amide bonds. The fourth-order valence-electron chi connectivity index (χ4n) is 3.98. The van der Waals surface area contributed by atoms with Crippen molar-refractivity contribution in [1.29, 1.82) is 0 Å². The molecule has 3 heterocycles. The second-order valence-electron chi connectivity index (χ2n) is 7.96. The highest BCUT2D eigenvalue weighted by atomic mass is 32.2. The summed E-state index contributed by atoms with van der Waals surface area (Å²) in [5.41, 5.74) is 2.76. The third-order valence-electron chi connectivity index (χ3n) is 5.68. The van der Waals surface area contributed by atoms with E-state index < -0.39 is 5.97 Å². The number of furan rings is 1. The maximum absolute atomic E-state index is 12.6. The molecule has 5 aromatic rings. The first-order valence-corrected chi connectivity index (χ1v) is 13.4. The molecule has 0 aliphatic rings. The molecule has 0 N–H and O–H groups in total. The van der Waals surface area contributed by atoms with Crippen molar-refractivity contribution in [3.63, 3.8) is 0 Å². The lowest BCUT2D eigenvalue weighted by Crippen LogP contribution is -2.09. The summed E-state index contributed by atoms with van der Waals surface area (Å²) in [5, 5.41) is 12.9. The Hall–Kier alpha value is -3.36. The van der Waals surface area contributed by atoms with Crippen LogP contribution in [0.15, 0.2) is 81.7 Å². The van der Waals surface area contributed by atoms with E-state index >= 15 is 0 Å². The molecular weight excluding hydrogens is 478 g/mol. The summed E-state index contributed by atoms with van der Waals surface area (Å²) >= 11 is 3.28. The van der Waals surface area contributed by atoms with Crippen LogP contribution in [0.4, 0.5) is 0 Å². The Balaban J connectivity index is 1.43. The smallest absolute Gasteiger partial charge is 0.374 e. The normalized spacial score (nSPS) is 11.2. The van der Waals surface area contributed by atoms with Crippen molar-refractivity contribution in [3.05, 3.63) is 99.7 Å². The Morgan fingerprint density at radius 2 is 1.89 bits per heavy atom. The summed E-state index contributed by atoms with van der Waals surface area (Å²) < 4.78 is 13.3. The lowest BCUT2D eigenvalue weighted by Gasteiger charge is -2.10. The summed E-state index contributed by atoms with van der Waals surface area (Å²) in [5.74, 6) is 1.28. The van der Waals surface area contributed by atoms with E-state index in [1.54, 1.807) is 30.0 Å². The van der Waals surface area contributed by atoms with E-state index in [0.717, 1.165) is 41.3 Å². The highest BCUT2D eigenvalue weighted by Crippen LogP contribution is 2.32. The number of aromatic nitrogens is 3. The molecule has 8 heteroatoms. The van der Waals surface area contributed by atoms with Gasteiger partial charge in [0.05, 0.1) is 6.61 Å². The first-order valence-electron chi connectivity index (χ1n) is 11.5. The van der Waals surface area contributed by atoms with Crippen LogP contribution in [0.25, 0.3) is 11.0 Å². The quantitative estimate of drug-likeness (QED) is 0.162. The van der Waals surface area contributed by atoms with Crippen LogP contribution < -0.4 is 0 Å². The van der Waals surface area contributed by atoms with Crippen LogP contribution in [-0.2, 0) is 29.9 Å². The van der Waals surface area contributed by atoms with Gasteiger partial charge in [0.15, 0.2) is 5.16 Å². The van der Waals surface area contributed by atoms with Gasteiger partial charge >= 0.3 is 5.97 Å². The Morgan fingerprint density at radius 1 is 1.06 bits per heavy atom. The highest BCUT2D eigenvalue weighted by molar-refractivity contribution is 7.98. The van der Waals surface area contributed by atoms with Gasteiger partial charge in [-0.05, 0) is 36.4 Å². The number of carbonyl (C=O) groups is 1. The Morgan fingerprint density at radius 3 is 2.69 bits per heavy atom. The Bertz CT molecular complexity index is 1410. The standard InChI is InChI=1S/C27H25N3O3S2/c1-2-32-26(31)25-22(21-12-6-7-13-23(21)33-25)18-35-27-29-28-24(17-20-11-8-16-34-20)30(27)15-14-19-9-4-3-5-10-19/h3-13,16H,2,14-15,17-18H2,1H3. The fraction of sp³-hybridized carbons (Fsp3) is 0.222. The molecule has 0 aliphatic carbocycles. The Kier molecular flexibility index (Phi) is 7.30. The molecular formula is C27H25N3O3S2. The van der Waals surface area contributed by atoms with E-state index in [0.29, 0.717) is 17.9 Å². The molecule has 0 saturated carbocycles. The number of rotatable bonds is 10. The SMILES string of the molecule is CCOC(=O)c1oc2ccccc2c1CSc1nnc(Cc2cccs2)n1CCc1ccccc1. The largest absolute Gasteiger partial charge is 0.460 e. The first kappa shape index (κ1) is 23.4. The molecule has 0 bridgehead atoms. The monoisotopic (exact) mass is 503 g/mol. The molecule has 6 nitrogen and oxygen atoms in total. The fourth-order valence-corrected chi connectivity index (χ4v) is 5.69. The lowest BCUT2D eigenvalue weighted by atomic mass is 10.1. The third-order valence-corrected chi connectivity index (χ3v) is 7.55. The number of ether oxygens (including phenoxy) is 1. The molecule has 5 rings (SSSR count). The average Bonchev–Trinajstić information content (AvgIpc) is 3.62. The van der Waals surface area contributed by atoms with Gasteiger partial charge in [0, 0.05) is 34.5 Å². The van der Waals surface area contributed by atoms with Crippen molar-refractivity contribution in [2.24, 2.45) is 0 Å². The van der Waals surface area contributed by atoms with Crippen LogP contribution in [-0.4, -0.2) is 27.3 Å². The number of hydrogen-bond donors (Lipinski definition) is 0. The van der Waals surface area contributed by atoms with Crippen molar-refractivity contribution in [2.45, 2.75) is 37.2 Å². The van der Waals surface area contributed by atoms with E-state index in [-0.39, 0.29) is 5.76 Å². The number of benzene rings is 2. The number of hydrogen-bond acceptors (Lipinski definition) is 7. The Labute approximate surface area is 211 Å². The van der Waals surface area contributed by atoms with Gasteiger partial charge in [0.25, 0.3) is 0 Å². The molecule has 2 aromatic carbocycles. The van der Waals surface area contributed by atoms with Gasteiger partial charge in [-0.2, -0.15) is 0 Å². The molecule has 0 radical (unpaired) electrons. The molecule has 0 spiro atoms. The predicted octanol–water partition coefficient (Wildman–Crippen LogP) is 6.39. The minimum Gasteiger partial charge on any atom is -0.460 e. The minimum atomic E-state index is -0.441. The van der Waals surface area contributed by atoms with E-state index in [1.165, 1.54) is 10.4 Å². The second-order valence-corrected chi connectivity index (χ2v) is 9.93. The average molecular weight is 504 g/mol. The number of thioether (sulfide) groups is 1. The molecule has 0 saturated heterocycles. The zero-order valence-electron chi connectivity index (χ0n) is 19.3. The lowest BCUT2D eigenvalue weighted by molar-refractivity contribution is 0.0491. The summed E-state index contributed by atoms with van der Waals surface area (Å²) in [6, 6.07) is 22.3. The van der Waals surface area contributed by atoms with Gasteiger partial charge in [-0.25, -0.2) is 4.79 Å². The van der Waals surface area contributed by atoms with Crippen LogP contribution >= 0.6 is 23.1 Å². The number of esters is 1. The second kappa shape index (κ2) is 10.9.